The lowest BCUT2D eigenvalue weighted by molar-refractivity contribution is -0.155. The summed E-state index contributed by atoms with van der Waals surface area (Å²) in [6, 6.07) is 6.29. The molecule has 0 saturated carbocycles. The van der Waals surface area contributed by atoms with Gasteiger partial charge in [0, 0.05) is 6.04 Å². The Morgan fingerprint density at radius 2 is 2.21 bits per heavy atom. The summed E-state index contributed by atoms with van der Waals surface area (Å²) in [5.41, 5.74) is 2.09. The molecule has 4 nitrogen and oxygen atoms in total. The third-order valence-electron chi connectivity index (χ3n) is 3.83. The summed E-state index contributed by atoms with van der Waals surface area (Å²) in [6.07, 6.45) is 0. The first-order chi connectivity index (χ1) is 9.16. The standard InChI is InChI=1S/C15H23NO3/c1-4-19-13-6-5-12(7-11(13)2)14(16-3)15(8-17)9-18-10-15/h5-7,14,16-17H,4,8-10H2,1-3H3. The fraction of sp³-hybridized carbons (Fsp3) is 0.600. The second-order valence-corrected chi connectivity index (χ2v) is 5.19. The van der Waals surface area contributed by atoms with Crippen molar-refractivity contribution in [2.24, 2.45) is 5.41 Å². The molecule has 1 unspecified atom stereocenters. The summed E-state index contributed by atoms with van der Waals surface area (Å²) < 4.78 is 10.9. The van der Waals surface area contributed by atoms with Crippen LogP contribution in [0.5, 0.6) is 5.75 Å². The molecule has 2 N–H and O–H groups in total. The summed E-state index contributed by atoms with van der Waals surface area (Å²) in [5, 5.41) is 13.0. The molecule has 0 aliphatic carbocycles. The van der Waals surface area contributed by atoms with Crippen LogP contribution in [0.1, 0.15) is 24.1 Å². The average molecular weight is 265 g/mol. The highest BCUT2D eigenvalue weighted by Crippen LogP contribution is 2.40. The molecule has 1 fully saturated rings. The van der Waals surface area contributed by atoms with Crippen molar-refractivity contribution in [1.82, 2.24) is 5.32 Å². The van der Waals surface area contributed by atoms with Gasteiger partial charge in [-0.1, -0.05) is 12.1 Å². The van der Waals surface area contributed by atoms with Crippen molar-refractivity contribution in [3.05, 3.63) is 29.3 Å². The maximum Gasteiger partial charge on any atom is 0.122 e. The molecular formula is C15H23NO3. The molecule has 0 spiro atoms. The molecule has 1 aromatic carbocycles. The van der Waals surface area contributed by atoms with Gasteiger partial charge in [0.05, 0.1) is 31.8 Å². The Morgan fingerprint density at radius 3 is 2.63 bits per heavy atom. The van der Waals surface area contributed by atoms with Crippen LogP contribution in [0.3, 0.4) is 0 Å². The van der Waals surface area contributed by atoms with Crippen LogP contribution in [0.25, 0.3) is 0 Å². The van der Waals surface area contributed by atoms with Gasteiger partial charge in [-0.2, -0.15) is 0 Å². The van der Waals surface area contributed by atoms with Gasteiger partial charge in [-0.15, -0.1) is 0 Å². The molecule has 1 aromatic rings. The van der Waals surface area contributed by atoms with Crippen molar-refractivity contribution in [3.63, 3.8) is 0 Å². The van der Waals surface area contributed by atoms with E-state index in [1.165, 1.54) is 5.56 Å². The molecule has 0 radical (unpaired) electrons. The van der Waals surface area contributed by atoms with E-state index in [1.807, 2.05) is 27.0 Å². The fourth-order valence-corrected chi connectivity index (χ4v) is 2.71. The number of aliphatic hydroxyl groups excluding tert-OH is 1. The van der Waals surface area contributed by atoms with Crippen LogP contribution < -0.4 is 10.1 Å². The van der Waals surface area contributed by atoms with Gasteiger partial charge in [0.15, 0.2) is 0 Å². The van der Waals surface area contributed by atoms with E-state index in [9.17, 15) is 5.11 Å². The van der Waals surface area contributed by atoms with Gasteiger partial charge in [-0.05, 0) is 38.1 Å². The maximum atomic E-state index is 9.66. The SMILES string of the molecule is CCOc1ccc(C(NC)C2(CO)COC2)cc1C. The summed E-state index contributed by atoms with van der Waals surface area (Å²) in [4.78, 5) is 0. The molecule has 2 rings (SSSR count). The van der Waals surface area contributed by atoms with Crippen molar-refractivity contribution < 1.29 is 14.6 Å². The Morgan fingerprint density at radius 1 is 1.47 bits per heavy atom. The molecule has 1 atom stereocenters. The van der Waals surface area contributed by atoms with Gasteiger partial charge < -0.3 is 19.9 Å². The first kappa shape index (κ1) is 14.3. The number of rotatable bonds is 6. The van der Waals surface area contributed by atoms with E-state index in [4.69, 9.17) is 9.47 Å². The minimum absolute atomic E-state index is 0.0978. The Balaban J connectivity index is 2.26. The van der Waals surface area contributed by atoms with Crippen molar-refractivity contribution in [2.75, 3.05) is 33.5 Å². The second kappa shape index (κ2) is 5.90. The lowest BCUT2D eigenvalue weighted by Crippen LogP contribution is -2.53. The molecular weight excluding hydrogens is 242 g/mol. The largest absolute Gasteiger partial charge is 0.494 e. The number of hydrogen-bond acceptors (Lipinski definition) is 4. The molecule has 1 aliphatic heterocycles. The van der Waals surface area contributed by atoms with E-state index in [2.05, 4.69) is 17.4 Å². The van der Waals surface area contributed by atoms with Crippen molar-refractivity contribution >= 4 is 0 Å². The van der Waals surface area contributed by atoms with E-state index >= 15 is 0 Å². The van der Waals surface area contributed by atoms with Crippen LogP contribution in [-0.4, -0.2) is 38.6 Å². The number of ether oxygens (including phenoxy) is 2. The zero-order chi connectivity index (χ0) is 13.9. The van der Waals surface area contributed by atoms with Crippen LogP contribution in [0.4, 0.5) is 0 Å². The van der Waals surface area contributed by atoms with Crippen LogP contribution in [-0.2, 0) is 4.74 Å². The molecule has 0 amide bonds. The Labute approximate surface area is 114 Å². The quantitative estimate of drug-likeness (QED) is 0.821. The van der Waals surface area contributed by atoms with E-state index in [0.717, 1.165) is 11.3 Å². The zero-order valence-corrected chi connectivity index (χ0v) is 11.9. The van der Waals surface area contributed by atoms with E-state index in [0.29, 0.717) is 19.8 Å². The number of benzene rings is 1. The minimum atomic E-state index is -0.200. The summed E-state index contributed by atoms with van der Waals surface area (Å²) in [6.45, 7) is 6.03. The summed E-state index contributed by atoms with van der Waals surface area (Å²) in [7, 11) is 1.92. The highest BCUT2D eigenvalue weighted by molar-refractivity contribution is 5.38. The van der Waals surface area contributed by atoms with Gasteiger partial charge >= 0.3 is 0 Å². The molecule has 1 aliphatic rings. The smallest absolute Gasteiger partial charge is 0.122 e. The van der Waals surface area contributed by atoms with Crippen LogP contribution in [0.15, 0.2) is 18.2 Å². The van der Waals surface area contributed by atoms with E-state index in [1.54, 1.807) is 0 Å². The topological polar surface area (TPSA) is 50.7 Å². The summed E-state index contributed by atoms with van der Waals surface area (Å²) >= 11 is 0. The van der Waals surface area contributed by atoms with Gasteiger partial charge in [-0.3, -0.25) is 0 Å². The highest BCUT2D eigenvalue weighted by atomic mass is 16.5. The highest BCUT2D eigenvalue weighted by Gasteiger charge is 2.45. The van der Waals surface area contributed by atoms with Crippen molar-refractivity contribution in [3.8, 4) is 5.75 Å². The molecule has 106 valence electrons. The van der Waals surface area contributed by atoms with E-state index in [-0.39, 0.29) is 18.1 Å². The van der Waals surface area contributed by atoms with Gasteiger partial charge in [0.1, 0.15) is 5.75 Å². The molecule has 4 heteroatoms. The number of nitrogens with one attached hydrogen (secondary N) is 1. The third-order valence-corrected chi connectivity index (χ3v) is 3.83. The lowest BCUT2D eigenvalue weighted by atomic mass is 9.75. The molecule has 0 bridgehead atoms. The number of aryl methyl sites for hydroxylation is 1. The van der Waals surface area contributed by atoms with Crippen LogP contribution in [0, 0.1) is 12.3 Å². The van der Waals surface area contributed by atoms with Gasteiger partial charge in [0.25, 0.3) is 0 Å². The monoisotopic (exact) mass is 265 g/mol. The van der Waals surface area contributed by atoms with Crippen LogP contribution >= 0.6 is 0 Å². The minimum Gasteiger partial charge on any atom is -0.494 e. The van der Waals surface area contributed by atoms with Crippen molar-refractivity contribution in [1.29, 1.82) is 0 Å². The molecule has 0 aromatic heterocycles. The normalized spacial score (nSPS) is 18.7. The Kier molecular flexibility index (Phi) is 4.45. The number of hydrogen-bond donors (Lipinski definition) is 2. The predicted octanol–water partition coefficient (Wildman–Crippen LogP) is 1.66. The fourth-order valence-electron chi connectivity index (χ4n) is 2.71. The first-order valence-corrected chi connectivity index (χ1v) is 6.76. The number of aliphatic hydroxyl groups is 1. The van der Waals surface area contributed by atoms with Gasteiger partial charge in [0.2, 0.25) is 0 Å². The van der Waals surface area contributed by atoms with E-state index < -0.39 is 0 Å². The molecule has 1 heterocycles. The third kappa shape index (κ3) is 2.61. The summed E-state index contributed by atoms with van der Waals surface area (Å²) in [5.74, 6) is 0.920. The Hall–Kier alpha value is -1.10. The zero-order valence-electron chi connectivity index (χ0n) is 11.9. The maximum absolute atomic E-state index is 9.66. The van der Waals surface area contributed by atoms with Crippen molar-refractivity contribution in [2.45, 2.75) is 19.9 Å². The van der Waals surface area contributed by atoms with Crippen LogP contribution in [0.2, 0.25) is 0 Å². The molecule has 19 heavy (non-hydrogen) atoms. The second-order valence-electron chi connectivity index (χ2n) is 5.19. The van der Waals surface area contributed by atoms with Gasteiger partial charge in [-0.25, -0.2) is 0 Å². The Bertz CT molecular complexity index is 424. The molecule has 1 saturated heterocycles. The lowest BCUT2D eigenvalue weighted by Gasteiger charge is -2.46. The first-order valence-electron chi connectivity index (χ1n) is 6.76. The predicted molar refractivity (Wildman–Crippen MR) is 74.5 cm³/mol. The average Bonchev–Trinajstić information content (AvgIpc) is 2.36.